The molecule has 0 aromatic heterocycles. The number of benzene rings is 1. The summed E-state index contributed by atoms with van der Waals surface area (Å²) < 4.78 is 13.4. The molecular formula is C14H16FNO2. The topological polar surface area (TPSA) is 40.5 Å². The van der Waals surface area contributed by atoms with Crippen molar-refractivity contribution in [3.63, 3.8) is 0 Å². The molecule has 1 aliphatic heterocycles. The van der Waals surface area contributed by atoms with E-state index in [-0.39, 0.29) is 17.8 Å². The first-order valence-electron chi connectivity index (χ1n) is 6.34. The number of carbonyl (C=O) groups is 1. The molecule has 3 unspecified atom stereocenters. The molecule has 1 aromatic rings. The highest BCUT2D eigenvalue weighted by Gasteiger charge is 2.45. The molecule has 0 amide bonds. The Hall–Kier alpha value is -1.58. The van der Waals surface area contributed by atoms with E-state index in [0.29, 0.717) is 0 Å². The van der Waals surface area contributed by atoms with Gasteiger partial charge in [0.15, 0.2) is 0 Å². The molecule has 1 N–H and O–H groups in total. The number of aliphatic carboxylic acids is 1. The summed E-state index contributed by atoms with van der Waals surface area (Å²) in [6, 6.07) is 4.69. The van der Waals surface area contributed by atoms with Crippen LogP contribution in [-0.2, 0) is 4.79 Å². The molecule has 0 radical (unpaired) electrons. The summed E-state index contributed by atoms with van der Waals surface area (Å²) in [5.74, 6) is -1.41. The Kier molecular flexibility index (Phi) is 2.54. The number of rotatable bonds is 1. The van der Waals surface area contributed by atoms with Crippen molar-refractivity contribution in [2.75, 3.05) is 11.9 Å². The molecular weight excluding hydrogens is 233 g/mol. The maximum atomic E-state index is 13.4. The summed E-state index contributed by atoms with van der Waals surface area (Å²) in [5, 5.41) is 9.48. The van der Waals surface area contributed by atoms with Crippen molar-refractivity contribution in [1.82, 2.24) is 0 Å². The lowest BCUT2D eigenvalue weighted by atomic mass is 9.78. The number of fused-ring (bicyclic) bond motifs is 2. The number of carboxylic acids is 1. The Morgan fingerprint density at radius 2 is 2.22 bits per heavy atom. The van der Waals surface area contributed by atoms with Crippen LogP contribution in [0, 0.1) is 11.7 Å². The zero-order chi connectivity index (χ0) is 12.9. The first-order valence-corrected chi connectivity index (χ1v) is 6.34. The first kappa shape index (κ1) is 11.5. The molecule has 1 aliphatic carbocycles. The average molecular weight is 249 g/mol. The second-order valence-corrected chi connectivity index (χ2v) is 5.29. The van der Waals surface area contributed by atoms with Crippen molar-refractivity contribution >= 4 is 11.7 Å². The zero-order valence-electron chi connectivity index (χ0n) is 10.3. The molecule has 1 saturated carbocycles. The fraction of sp³-hybridized carbons (Fsp3) is 0.500. The van der Waals surface area contributed by atoms with E-state index in [0.717, 1.165) is 30.5 Å². The summed E-state index contributed by atoms with van der Waals surface area (Å²) in [7, 11) is 1.94. The lowest BCUT2D eigenvalue weighted by Gasteiger charge is -2.41. The van der Waals surface area contributed by atoms with Gasteiger partial charge in [-0.25, -0.2) is 4.39 Å². The van der Waals surface area contributed by atoms with Gasteiger partial charge in [-0.05, 0) is 36.5 Å². The number of hydrogen-bond acceptors (Lipinski definition) is 2. The molecule has 0 saturated heterocycles. The number of carboxylic acid groups (broad SMARTS) is 1. The van der Waals surface area contributed by atoms with Gasteiger partial charge in [0.05, 0.1) is 5.92 Å². The third-order valence-corrected chi connectivity index (χ3v) is 4.43. The third-order valence-electron chi connectivity index (χ3n) is 4.43. The van der Waals surface area contributed by atoms with Gasteiger partial charge in [0.1, 0.15) is 5.82 Å². The van der Waals surface area contributed by atoms with Crippen molar-refractivity contribution in [3.05, 3.63) is 29.6 Å². The quantitative estimate of drug-likeness (QED) is 0.831. The van der Waals surface area contributed by atoms with Gasteiger partial charge >= 0.3 is 5.97 Å². The first-order chi connectivity index (χ1) is 8.59. The van der Waals surface area contributed by atoms with Gasteiger partial charge in [-0.3, -0.25) is 4.79 Å². The van der Waals surface area contributed by atoms with E-state index in [2.05, 4.69) is 4.90 Å². The maximum absolute atomic E-state index is 13.4. The lowest BCUT2D eigenvalue weighted by Crippen LogP contribution is -2.44. The van der Waals surface area contributed by atoms with Crippen LogP contribution in [0.2, 0.25) is 0 Å². The average Bonchev–Trinajstić information content (AvgIpc) is 2.79. The van der Waals surface area contributed by atoms with E-state index in [9.17, 15) is 14.3 Å². The van der Waals surface area contributed by atoms with Crippen molar-refractivity contribution < 1.29 is 14.3 Å². The van der Waals surface area contributed by atoms with Gasteiger partial charge in [0.25, 0.3) is 0 Å². The summed E-state index contributed by atoms with van der Waals surface area (Å²) >= 11 is 0. The Bertz CT molecular complexity index is 503. The molecule has 96 valence electrons. The predicted octanol–water partition coefficient (Wildman–Crippen LogP) is 2.61. The van der Waals surface area contributed by atoms with Crippen LogP contribution < -0.4 is 4.90 Å². The van der Waals surface area contributed by atoms with Crippen molar-refractivity contribution in [2.24, 2.45) is 5.92 Å². The molecule has 1 aromatic carbocycles. The van der Waals surface area contributed by atoms with Gasteiger partial charge in [-0.1, -0.05) is 12.5 Å². The van der Waals surface area contributed by atoms with Crippen LogP contribution in [-0.4, -0.2) is 24.2 Å². The minimum absolute atomic E-state index is 0.158. The van der Waals surface area contributed by atoms with Crippen LogP contribution in [0.5, 0.6) is 0 Å². The summed E-state index contributed by atoms with van der Waals surface area (Å²) in [4.78, 5) is 13.6. The molecule has 18 heavy (non-hydrogen) atoms. The molecule has 1 heterocycles. The molecule has 3 nitrogen and oxygen atoms in total. The van der Waals surface area contributed by atoms with E-state index in [1.807, 2.05) is 7.05 Å². The van der Waals surface area contributed by atoms with Crippen LogP contribution >= 0.6 is 0 Å². The second-order valence-electron chi connectivity index (χ2n) is 5.29. The van der Waals surface area contributed by atoms with Gasteiger partial charge < -0.3 is 10.0 Å². The molecule has 0 bridgehead atoms. The lowest BCUT2D eigenvalue weighted by molar-refractivity contribution is -0.140. The molecule has 3 rings (SSSR count). The monoisotopic (exact) mass is 249 g/mol. The summed E-state index contributed by atoms with van der Waals surface area (Å²) in [6.45, 7) is 0. The Morgan fingerprint density at radius 3 is 2.94 bits per heavy atom. The fourth-order valence-electron chi connectivity index (χ4n) is 3.65. The minimum Gasteiger partial charge on any atom is -0.481 e. The van der Waals surface area contributed by atoms with E-state index in [1.54, 1.807) is 6.07 Å². The normalized spacial score (nSPS) is 29.9. The Labute approximate surface area is 105 Å². The van der Waals surface area contributed by atoms with Crippen molar-refractivity contribution in [1.29, 1.82) is 0 Å². The molecule has 3 atom stereocenters. The van der Waals surface area contributed by atoms with Gasteiger partial charge in [0.2, 0.25) is 0 Å². The maximum Gasteiger partial charge on any atom is 0.311 e. The predicted molar refractivity (Wildman–Crippen MR) is 66.3 cm³/mol. The molecule has 0 spiro atoms. The van der Waals surface area contributed by atoms with Crippen LogP contribution in [0.25, 0.3) is 0 Å². The summed E-state index contributed by atoms with van der Waals surface area (Å²) in [5.41, 5.74) is 1.50. The van der Waals surface area contributed by atoms with Gasteiger partial charge in [-0.15, -0.1) is 0 Å². The Morgan fingerprint density at radius 1 is 1.44 bits per heavy atom. The standard InChI is InChI=1S/C14H16FNO2/c1-16-11-4-2-3-9(11)13(14(17)18)10-6-5-8(15)7-12(10)16/h5-7,9,11,13H,2-4H2,1H3,(H,17,18). The van der Waals surface area contributed by atoms with Crippen LogP contribution in [0.15, 0.2) is 18.2 Å². The van der Waals surface area contributed by atoms with Gasteiger partial charge in [0, 0.05) is 18.8 Å². The van der Waals surface area contributed by atoms with Crippen molar-refractivity contribution in [2.45, 2.75) is 31.2 Å². The third kappa shape index (κ3) is 1.51. The zero-order valence-corrected chi connectivity index (χ0v) is 10.3. The number of hydrogen-bond donors (Lipinski definition) is 1. The van der Waals surface area contributed by atoms with Gasteiger partial charge in [-0.2, -0.15) is 0 Å². The number of halogens is 1. The Balaban J connectivity index is 2.15. The molecule has 2 aliphatic rings. The number of nitrogens with zero attached hydrogens (tertiary/aromatic N) is 1. The highest BCUT2D eigenvalue weighted by molar-refractivity contribution is 5.81. The minimum atomic E-state index is -0.784. The van der Waals surface area contributed by atoms with Crippen molar-refractivity contribution in [3.8, 4) is 0 Å². The molecule has 4 heteroatoms. The van der Waals surface area contributed by atoms with Crippen LogP contribution in [0.1, 0.15) is 30.7 Å². The van der Waals surface area contributed by atoms with E-state index in [1.165, 1.54) is 12.1 Å². The summed E-state index contributed by atoms with van der Waals surface area (Å²) in [6.07, 6.45) is 3.00. The smallest absolute Gasteiger partial charge is 0.311 e. The van der Waals surface area contributed by atoms with Crippen LogP contribution in [0.3, 0.4) is 0 Å². The second kappa shape index (κ2) is 3.97. The van der Waals surface area contributed by atoms with E-state index < -0.39 is 11.9 Å². The molecule has 1 fully saturated rings. The van der Waals surface area contributed by atoms with Crippen LogP contribution in [0.4, 0.5) is 10.1 Å². The number of anilines is 1. The highest BCUT2D eigenvalue weighted by Crippen LogP contribution is 2.48. The largest absolute Gasteiger partial charge is 0.481 e. The van der Waals surface area contributed by atoms with E-state index in [4.69, 9.17) is 0 Å². The fourth-order valence-corrected chi connectivity index (χ4v) is 3.65. The highest BCUT2D eigenvalue weighted by atomic mass is 19.1. The van der Waals surface area contributed by atoms with E-state index >= 15 is 0 Å². The SMILES string of the molecule is CN1c2cc(F)ccc2C(C(=O)O)C2CCCC21.